The summed E-state index contributed by atoms with van der Waals surface area (Å²) in [6.07, 6.45) is 0.838. The lowest BCUT2D eigenvalue weighted by molar-refractivity contribution is -0.132. The number of ether oxygens (including phenoxy) is 2. The molecule has 0 aliphatic rings. The first kappa shape index (κ1) is 30.8. The smallest absolute Gasteiger partial charge is 0.262 e. The molecule has 3 rings (SSSR count). The molecule has 2 atom stereocenters. The topological polar surface area (TPSA) is 92.3 Å². The number of nitrogens with one attached hydrogen (secondary N) is 2. The van der Waals surface area contributed by atoms with Crippen molar-refractivity contribution in [2.75, 3.05) is 25.1 Å². The number of hydrazone groups is 1. The van der Waals surface area contributed by atoms with Gasteiger partial charge in [0.05, 0.1) is 18.3 Å². The number of amides is 2. The van der Waals surface area contributed by atoms with Crippen LogP contribution in [0.3, 0.4) is 0 Å². The summed E-state index contributed by atoms with van der Waals surface area (Å²) in [5.74, 6) is -0.0321. The third-order valence-corrected chi connectivity index (χ3v) is 6.74. The summed E-state index contributed by atoms with van der Waals surface area (Å²) in [7, 11) is 1.59. The van der Waals surface area contributed by atoms with Gasteiger partial charge in [-0.2, -0.15) is 5.10 Å². The minimum Gasteiger partial charge on any atom is -0.496 e. The number of hydrogen-bond donors (Lipinski definition) is 2. The molecule has 10 heteroatoms. The number of halogens is 2. The van der Waals surface area contributed by atoms with E-state index in [4.69, 9.17) is 32.7 Å². The van der Waals surface area contributed by atoms with Crippen LogP contribution < -0.4 is 25.1 Å². The molecule has 0 fully saturated rings. The summed E-state index contributed by atoms with van der Waals surface area (Å²) in [5, 5.41) is 7.64. The van der Waals surface area contributed by atoms with Gasteiger partial charge in [0.25, 0.3) is 11.8 Å². The number of rotatable bonds is 13. The average Bonchev–Trinajstić information content (AvgIpc) is 2.95. The SMILES string of the molecule is CCN(CC)c1ccc(/C=N\NC(=O)[C@H](Cc2ccccc2)NC(=O)[C@H](C)Oc2ccc(Cl)cc2Cl)c(OC)c1. The Hall–Kier alpha value is -3.75. The van der Waals surface area contributed by atoms with Gasteiger partial charge in [0.1, 0.15) is 17.5 Å². The first-order chi connectivity index (χ1) is 19.2. The van der Waals surface area contributed by atoms with Gasteiger partial charge in [0, 0.05) is 41.9 Å². The second kappa shape index (κ2) is 15.1. The van der Waals surface area contributed by atoms with E-state index in [1.165, 1.54) is 12.3 Å². The molecule has 8 nitrogen and oxygen atoms in total. The molecule has 2 N–H and O–H groups in total. The van der Waals surface area contributed by atoms with E-state index in [1.54, 1.807) is 26.2 Å². The molecule has 0 spiro atoms. The summed E-state index contributed by atoms with van der Waals surface area (Å²) in [5.41, 5.74) is 5.15. The van der Waals surface area contributed by atoms with Crippen LogP contribution in [0.15, 0.2) is 71.8 Å². The Kier molecular flexibility index (Phi) is 11.7. The predicted octanol–water partition coefficient (Wildman–Crippen LogP) is 5.49. The molecule has 3 aromatic rings. The van der Waals surface area contributed by atoms with Gasteiger partial charge in [-0.25, -0.2) is 5.43 Å². The van der Waals surface area contributed by atoms with Crippen LogP contribution in [0.4, 0.5) is 5.69 Å². The molecule has 0 saturated heterocycles. The maximum atomic E-state index is 13.2. The zero-order valence-electron chi connectivity index (χ0n) is 23.0. The molecule has 3 aromatic carbocycles. The molecule has 0 aliphatic carbocycles. The Labute approximate surface area is 245 Å². The van der Waals surface area contributed by atoms with Crippen molar-refractivity contribution >= 4 is 46.9 Å². The predicted molar refractivity (Wildman–Crippen MR) is 161 cm³/mol. The lowest BCUT2D eigenvalue weighted by atomic mass is 10.1. The van der Waals surface area contributed by atoms with E-state index < -0.39 is 24.0 Å². The van der Waals surface area contributed by atoms with Crippen LogP contribution in [0.2, 0.25) is 10.0 Å². The number of carbonyl (C=O) groups excluding carboxylic acids is 2. The minimum atomic E-state index is -0.929. The van der Waals surface area contributed by atoms with Crippen LogP contribution in [0.5, 0.6) is 11.5 Å². The fraction of sp³-hybridized carbons (Fsp3) is 0.300. The summed E-state index contributed by atoms with van der Waals surface area (Å²) in [4.78, 5) is 28.4. The molecular weight excluding hydrogens is 551 g/mol. The van der Waals surface area contributed by atoms with Crippen LogP contribution >= 0.6 is 23.2 Å². The van der Waals surface area contributed by atoms with E-state index in [1.807, 2.05) is 48.5 Å². The third-order valence-electron chi connectivity index (χ3n) is 6.21. The summed E-state index contributed by atoms with van der Waals surface area (Å²) in [6.45, 7) is 7.49. The van der Waals surface area contributed by atoms with Crippen LogP contribution in [0.1, 0.15) is 31.9 Å². The van der Waals surface area contributed by atoms with Crippen LogP contribution in [0, 0.1) is 0 Å². The number of methoxy groups -OCH3 is 1. The van der Waals surface area contributed by atoms with Crippen LogP contribution in [-0.4, -0.2) is 50.4 Å². The highest BCUT2D eigenvalue weighted by atomic mass is 35.5. The van der Waals surface area contributed by atoms with Crippen molar-refractivity contribution in [3.05, 3.63) is 87.9 Å². The van der Waals surface area contributed by atoms with E-state index in [0.29, 0.717) is 22.1 Å². The summed E-state index contributed by atoms with van der Waals surface area (Å²) in [6, 6.07) is 19.0. The second-order valence-corrected chi connectivity index (χ2v) is 9.76. The second-order valence-electron chi connectivity index (χ2n) is 8.92. The first-order valence-corrected chi connectivity index (χ1v) is 13.7. The fourth-order valence-electron chi connectivity index (χ4n) is 4.00. The van der Waals surface area contributed by atoms with E-state index >= 15 is 0 Å². The normalized spacial score (nSPS) is 12.4. The highest BCUT2D eigenvalue weighted by molar-refractivity contribution is 6.35. The highest BCUT2D eigenvalue weighted by Gasteiger charge is 2.25. The maximum absolute atomic E-state index is 13.2. The van der Waals surface area contributed by atoms with Gasteiger partial charge >= 0.3 is 0 Å². The van der Waals surface area contributed by atoms with Crippen LogP contribution in [0.25, 0.3) is 0 Å². The first-order valence-electron chi connectivity index (χ1n) is 13.0. The molecule has 2 amide bonds. The molecule has 0 aliphatic heterocycles. The number of nitrogens with zero attached hydrogens (tertiary/aromatic N) is 2. The van der Waals surface area contributed by atoms with Crippen molar-refractivity contribution in [3.63, 3.8) is 0 Å². The average molecular weight is 586 g/mol. The van der Waals surface area contributed by atoms with E-state index in [2.05, 4.69) is 34.6 Å². The van der Waals surface area contributed by atoms with Crippen molar-refractivity contribution in [3.8, 4) is 11.5 Å². The standard InChI is InChI=1S/C30H34Cl2N4O4/c1-5-36(6-2)24-14-12-22(28(18-24)39-4)19-33-35-30(38)26(16-21-10-8-7-9-11-21)34-29(37)20(3)40-27-15-13-23(31)17-25(27)32/h7-15,17-20,26H,5-6,16H2,1-4H3,(H,34,37)(H,35,38)/b33-19-/t20-,26-/m0/s1. The van der Waals surface area contributed by atoms with Gasteiger partial charge in [-0.3, -0.25) is 9.59 Å². The molecule has 212 valence electrons. The molecule has 0 radical (unpaired) electrons. The lowest BCUT2D eigenvalue weighted by Crippen LogP contribution is -2.50. The van der Waals surface area contributed by atoms with Crippen LogP contribution in [-0.2, 0) is 16.0 Å². The monoisotopic (exact) mass is 584 g/mol. The highest BCUT2D eigenvalue weighted by Crippen LogP contribution is 2.28. The molecule has 0 bridgehead atoms. The number of hydrogen-bond acceptors (Lipinski definition) is 6. The van der Waals surface area contributed by atoms with Crippen molar-refractivity contribution < 1.29 is 19.1 Å². The zero-order chi connectivity index (χ0) is 29.1. The molecular formula is C30H34Cl2N4O4. The van der Waals surface area contributed by atoms with E-state index in [9.17, 15) is 9.59 Å². The number of benzene rings is 3. The Morgan fingerprint density at radius 2 is 1.70 bits per heavy atom. The van der Waals surface area contributed by atoms with Gasteiger partial charge in [-0.05, 0) is 56.7 Å². The van der Waals surface area contributed by atoms with Crippen molar-refractivity contribution in [2.24, 2.45) is 5.10 Å². The quantitative estimate of drug-likeness (QED) is 0.204. The molecule has 0 unspecified atom stereocenters. The summed E-state index contributed by atoms with van der Waals surface area (Å²) < 4.78 is 11.3. The number of carbonyl (C=O) groups is 2. The van der Waals surface area contributed by atoms with Gasteiger partial charge in [0.2, 0.25) is 0 Å². The molecule has 0 heterocycles. The van der Waals surface area contributed by atoms with E-state index in [0.717, 1.165) is 24.3 Å². The Bertz CT molecular complexity index is 1320. The largest absolute Gasteiger partial charge is 0.496 e. The maximum Gasteiger partial charge on any atom is 0.262 e. The lowest BCUT2D eigenvalue weighted by Gasteiger charge is -2.22. The van der Waals surface area contributed by atoms with Crippen molar-refractivity contribution in [2.45, 2.75) is 39.3 Å². The summed E-state index contributed by atoms with van der Waals surface area (Å²) >= 11 is 12.1. The van der Waals surface area contributed by atoms with Gasteiger partial charge < -0.3 is 19.7 Å². The number of anilines is 1. The van der Waals surface area contributed by atoms with E-state index in [-0.39, 0.29) is 11.4 Å². The third kappa shape index (κ3) is 8.63. The minimum absolute atomic E-state index is 0.254. The van der Waals surface area contributed by atoms with Crippen molar-refractivity contribution in [1.29, 1.82) is 0 Å². The Morgan fingerprint density at radius 1 is 0.975 bits per heavy atom. The fourth-order valence-corrected chi connectivity index (χ4v) is 4.45. The van der Waals surface area contributed by atoms with Gasteiger partial charge in [0.15, 0.2) is 6.10 Å². The van der Waals surface area contributed by atoms with Crippen molar-refractivity contribution in [1.82, 2.24) is 10.7 Å². The molecule has 0 aromatic heterocycles. The van der Waals surface area contributed by atoms with Gasteiger partial charge in [-0.1, -0.05) is 53.5 Å². The Morgan fingerprint density at radius 3 is 2.35 bits per heavy atom. The molecule has 40 heavy (non-hydrogen) atoms. The Balaban J connectivity index is 1.72. The van der Waals surface area contributed by atoms with Gasteiger partial charge in [-0.15, -0.1) is 0 Å². The zero-order valence-corrected chi connectivity index (χ0v) is 24.5. The molecule has 0 saturated carbocycles.